The third-order valence-corrected chi connectivity index (χ3v) is 4.33. The van der Waals surface area contributed by atoms with Crippen molar-refractivity contribution >= 4 is 0 Å². The Bertz CT molecular complexity index is 681. The van der Waals surface area contributed by atoms with Gasteiger partial charge in [-0.05, 0) is 53.8 Å². The first-order chi connectivity index (χ1) is 11.7. The van der Waals surface area contributed by atoms with Crippen LogP contribution in [0.4, 0.5) is 8.78 Å². The number of hydrogen-bond acceptors (Lipinski definition) is 2. The van der Waals surface area contributed by atoms with Gasteiger partial charge in [-0.2, -0.15) is 0 Å². The zero-order valence-corrected chi connectivity index (χ0v) is 13.0. The van der Waals surface area contributed by atoms with Crippen LogP contribution in [-0.4, -0.2) is 18.8 Å². The number of nitrogens with zero attached hydrogens (tertiary/aromatic N) is 3. The lowest BCUT2D eigenvalue weighted by molar-refractivity contribution is -0.00135. The van der Waals surface area contributed by atoms with Gasteiger partial charge in [0, 0.05) is 23.5 Å². The molecule has 2 aromatic carbocycles. The Hall–Kier alpha value is -2.43. The minimum atomic E-state index is -0.312. The topological polar surface area (TPSA) is 58.0 Å². The number of rotatable bonds is 4. The van der Waals surface area contributed by atoms with E-state index in [4.69, 9.17) is 10.3 Å². The second-order valence-corrected chi connectivity index (χ2v) is 5.87. The molecule has 4 nitrogen and oxygen atoms in total. The molecule has 0 saturated carbocycles. The summed E-state index contributed by atoms with van der Waals surface area (Å²) in [7, 11) is 0. The monoisotopic (exact) mass is 329 g/mol. The second-order valence-electron chi connectivity index (χ2n) is 5.87. The molecule has 1 aliphatic rings. The van der Waals surface area contributed by atoms with E-state index in [1.807, 2.05) is 0 Å². The van der Waals surface area contributed by atoms with Crippen LogP contribution in [0.15, 0.2) is 53.6 Å². The average Bonchev–Trinajstić information content (AvgIpc) is 2.59. The molecule has 6 heteroatoms. The summed E-state index contributed by atoms with van der Waals surface area (Å²) >= 11 is 0. The van der Waals surface area contributed by atoms with E-state index in [0.29, 0.717) is 19.4 Å². The van der Waals surface area contributed by atoms with Crippen molar-refractivity contribution in [2.45, 2.75) is 30.9 Å². The summed E-state index contributed by atoms with van der Waals surface area (Å²) < 4.78 is 32.5. The number of azide groups is 1. The predicted octanol–water partition coefficient (Wildman–Crippen LogP) is 4.95. The molecule has 0 aromatic heterocycles. The zero-order chi connectivity index (χ0) is 16.9. The van der Waals surface area contributed by atoms with Crippen LogP contribution in [0.1, 0.15) is 29.9 Å². The summed E-state index contributed by atoms with van der Waals surface area (Å²) in [5, 5.41) is 3.81. The molecule has 24 heavy (non-hydrogen) atoms. The van der Waals surface area contributed by atoms with Crippen LogP contribution in [0.2, 0.25) is 0 Å². The van der Waals surface area contributed by atoms with Crippen LogP contribution < -0.4 is 0 Å². The van der Waals surface area contributed by atoms with E-state index in [1.54, 1.807) is 24.3 Å². The van der Waals surface area contributed by atoms with Gasteiger partial charge in [-0.1, -0.05) is 29.4 Å². The molecule has 1 heterocycles. The average molecular weight is 329 g/mol. The van der Waals surface area contributed by atoms with Gasteiger partial charge in [-0.25, -0.2) is 8.78 Å². The first kappa shape index (κ1) is 16.4. The van der Waals surface area contributed by atoms with Gasteiger partial charge in [0.2, 0.25) is 0 Å². The van der Waals surface area contributed by atoms with Gasteiger partial charge in [-0.15, -0.1) is 0 Å². The van der Waals surface area contributed by atoms with Gasteiger partial charge >= 0.3 is 0 Å². The minimum absolute atomic E-state index is 0.128. The highest BCUT2D eigenvalue weighted by molar-refractivity contribution is 5.34. The summed E-state index contributed by atoms with van der Waals surface area (Å²) in [6.07, 6.45) is 1.04. The number of hydrogen-bond donors (Lipinski definition) is 0. The van der Waals surface area contributed by atoms with Crippen LogP contribution in [-0.2, 0) is 4.74 Å². The predicted molar refractivity (Wildman–Crippen MR) is 86.6 cm³/mol. The maximum atomic E-state index is 13.3. The molecule has 0 radical (unpaired) electrons. The molecule has 124 valence electrons. The fourth-order valence-corrected chi connectivity index (χ4v) is 3.18. The fourth-order valence-electron chi connectivity index (χ4n) is 3.18. The summed E-state index contributed by atoms with van der Waals surface area (Å²) in [6, 6.07) is 12.3. The molecule has 2 aromatic rings. The Balaban J connectivity index is 1.96. The zero-order valence-electron chi connectivity index (χ0n) is 13.0. The van der Waals surface area contributed by atoms with E-state index in [9.17, 15) is 8.78 Å². The molecular weight excluding hydrogens is 312 g/mol. The molecule has 3 rings (SSSR count). The Labute approximate surface area is 138 Å². The summed E-state index contributed by atoms with van der Waals surface area (Å²) in [5.74, 6) is -0.802. The maximum Gasteiger partial charge on any atom is 0.123 e. The van der Waals surface area contributed by atoms with E-state index in [2.05, 4.69) is 10.0 Å². The van der Waals surface area contributed by atoms with Crippen LogP contribution in [0.25, 0.3) is 10.4 Å². The molecule has 0 aliphatic carbocycles. The highest BCUT2D eigenvalue weighted by atomic mass is 19.1. The second kappa shape index (κ2) is 7.43. The third-order valence-electron chi connectivity index (χ3n) is 4.33. The van der Waals surface area contributed by atoms with Crippen molar-refractivity contribution in [3.05, 3.63) is 81.7 Å². The molecular formula is C18H17F2N3O. The molecule has 2 atom stereocenters. The molecule has 2 unspecified atom stereocenters. The minimum Gasteiger partial charge on any atom is -0.377 e. The lowest BCUT2D eigenvalue weighted by Gasteiger charge is -2.34. The number of ether oxygens (including phenoxy) is 1. The maximum absolute atomic E-state index is 13.3. The summed E-state index contributed by atoms with van der Waals surface area (Å²) in [5.41, 5.74) is 10.4. The third kappa shape index (κ3) is 3.72. The summed E-state index contributed by atoms with van der Waals surface area (Å²) in [6.45, 7) is 0.493. The lowest BCUT2D eigenvalue weighted by atomic mass is 9.82. The van der Waals surface area contributed by atoms with Gasteiger partial charge < -0.3 is 4.74 Å². The van der Waals surface area contributed by atoms with Crippen molar-refractivity contribution < 1.29 is 13.5 Å². The molecule has 1 saturated heterocycles. The highest BCUT2D eigenvalue weighted by Crippen LogP contribution is 2.35. The van der Waals surface area contributed by atoms with Crippen molar-refractivity contribution in [3.63, 3.8) is 0 Å². The number of halogens is 2. The molecule has 0 N–H and O–H groups in total. The molecule has 1 fully saturated rings. The van der Waals surface area contributed by atoms with Crippen LogP contribution in [0.5, 0.6) is 0 Å². The smallest absolute Gasteiger partial charge is 0.123 e. The van der Waals surface area contributed by atoms with E-state index < -0.39 is 0 Å². The first-order valence-corrected chi connectivity index (χ1v) is 7.84. The highest BCUT2D eigenvalue weighted by Gasteiger charge is 2.31. The normalized spacial score (nSPS) is 20.6. The van der Waals surface area contributed by atoms with Crippen molar-refractivity contribution in [1.82, 2.24) is 0 Å². The van der Waals surface area contributed by atoms with Crippen molar-refractivity contribution in [2.75, 3.05) is 6.61 Å². The quantitative estimate of drug-likeness (QED) is 0.444. The van der Waals surface area contributed by atoms with E-state index >= 15 is 0 Å². The van der Waals surface area contributed by atoms with E-state index in [-0.39, 0.29) is 29.7 Å². The standard InChI is InChI=1S/C18H17F2N3O/c19-14-5-1-12(2-6-14)18(13-3-7-15(20)8-4-13)17-11-16(22-23-21)9-10-24-17/h1-8,16-18H,9-11H2. The van der Waals surface area contributed by atoms with Gasteiger partial charge in [0.15, 0.2) is 0 Å². The van der Waals surface area contributed by atoms with Crippen LogP contribution >= 0.6 is 0 Å². The Morgan fingerprint density at radius 1 is 1.00 bits per heavy atom. The van der Waals surface area contributed by atoms with Crippen molar-refractivity contribution in [2.24, 2.45) is 5.11 Å². The fraction of sp³-hybridized carbons (Fsp3) is 0.333. The van der Waals surface area contributed by atoms with E-state index in [1.165, 1.54) is 24.3 Å². The Morgan fingerprint density at radius 2 is 1.54 bits per heavy atom. The van der Waals surface area contributed by atoms with Crippen molar-refractivity contribution in [3.8, 4) is 0 Å². The van der Waals surface area contributed by atoms with Gasteiger partial charge in [0.25, 0.3) is 0 Å². The first-order valence-electron chi connectivity index (χ1n) is 7.84. The Kier molecular flexibility index (Phi) is 5.08. The van der Waals surface area contributed by atoms with Crippen molar-refractivity contribution in [1.29, 1.82) is 0 Å². The van der Waals surface area contributed by atoms with Crippen LogP contribution in [0, 0.1) is 11.6 Å². The molecule has 1 aliphatic heterocycles. The van der Waals surface area contributed by atoms with Gasteiger partial charge in [0.05, 0.1) is 6.10 Å². The van der Waals surface area contributed by atoms with Gasteiger partial charge in [0.1, 0.15) is 11.6 Å². The number of benzene rings is 2. The van der Waals surface area contributed by atoms with E-state index in [0.717, 1.165) is 11.1 Å². The molecule has 0 bridgehead atoms. The molecule has 0 amide bonds. The largest absolute Gasteiger partial charge is 0.377 e. The van der Waals surface area contributed by atoms with Crippen LogP contribution in [0.3, 0.4) is 0 Å². The Morgan fingerprint density at radius 3 is 2.04 bits per heavy atom. The lowest BCUT2D eigenvalue weighted by Crippen LogP contribution is -2.33. The molecule has 0 spiro atoms. The van der Waals surface area contributed by atoms with Gasteiger partial charge in [-0.3, -0.25) is 0 Å². The summed E-state index contributed by atoms with van der Waals surface area (Å²) in [4.78, 5) is 2.89. The SMILES string of the molecule is [N-]=[N+]=NC1CCOC(C(c2ccc(F)cc2)c2ccc(F)cc2)C1.